The summed E-state index contributed by atoms with van der Waals surface area (Å²) in [5, 5.41) is 12.3. The van der Waals surface area contributed by atoms with Crippen molar-refractivity contribution in [1.29, 1.82) is 0 Å². The zero-order valence-electron chi connectivity index (χ0n) is 12.5. The first-order chi connectivity index (χ1) is 11.3. The molecule has 0 bridgehead atoms. The third-order valence-corrected chi connectivity index (χ3v) is 3.16. The molecule has 2 aromatic rings. The molecule has 0 fully saturated rings. The molecule has 0 spiro atoms. The summed E-state index contributed by atoms with van der Waals surface area (Å²) in [6, 6.07) is 8.55. The number of amides is 1. The zero-order valence-corrected chi connectivity index (χ0v) is 12.5. The maximum Gasteiger partial charge on any atom is 0.573 e. The number of nitrogens with one attached hydrogen (secondary N) is 1. The van der Waals surface area contributed by atoms with Gasteiger partial charge in [-0.15, -0.1) is 13.2 Å². The molecule has 130 valence electrons. The van der Waals surface area contributed by atoms with Crippen LogP contribution < -0.4 is 10.1 Å². The summed E-state index contributed by atoms with van der Waals surface area (Å²) in [6.07, 6.45) is -3.73. The largest absolute Gasteiger partial charge is 0.573 e. The quantitative estimate of drug-likeness (QED) is 0.811. The van der Waals surface area contributed by atoms with Gasteiger partial charge in [-0.3, -0.25) is 4.79 Å². The monoisotopic (exact) mass is 343 g/mol. The van der Waals surface area contributed by atoms with Gasteiger partial charge in [0, 0.05) is 6.42 Å². The summed E-state index contributed by atoms with van der Waals surface area (Å²) in [6.45, 7) is 0.0186. The van der Waals surface area contributed by atoms with E-state index < -0.39 is 12.5 Å². The maximum atomic E-state index is 12.0. The molecule has 0 aliphatic carbocycles. The molecule has 1 aromatic carbocycles. The average Bonchev–Trinajstić information content (AvgIpc) is 3.05. The number of halogens is 3. The van der Waals surface area contributed by atoms with E-state index in [4.69, 9.17) is 4.42 Å². The fourth-order valence-corrected chi connectivity index (χ4v) is 2.00. The normalized spacial score (nSPS) is 12.7. The minimum Gasteiger partial charge on any atom is -0.467 e. The third kappa shape index (κ3) is 5.96. The minimum absolute atomic E-state index is 0.0186. The van der Waals surface area contributed by atoms with Gasteiger partial charge >= 0.3 is 6.36 Å². The molecule has 1 atom stereocenters. The van der Waals surface area contributed by atoms with Crippen molar-refractivity contribution in [1.82, 2.24) is 5.32 Å². The average molecular weight is 343 g/mol. The van der Waals surface area contributed by atoms with Crippen LogP contribution in [0.1, 0.15) is 23.8 Å². The third-order valence-electron chi connectivity index (χ3n) is 3.16. The Morgan fingerprint density at radius 3 is 2.54 bits per heavy atom. The number of alkyl halides is 3. The van der Waals surface area contributed by atoms with Gasteiger partial charge in [0.25, 0.3) is 0 Å². The molecule has 0 saturated carbocycles. The van der Waals surface area contributed by atoms with E-state index in [0.29, 0.717) is 17.7 Å². The van der Waals surface area contributed by atoms with Crippen LogP contribution in [0.25, 0.3) is 0 Å². The minimum atomic E-state index is -4.73. The van der Waals surface area contributed by atoms with Gasteiger partial charge in [0.2, 0.25) is 5.91 Å². The first-order valence-corrected chi connectivity index (χ1v) is 7.16. The predicted octanol–water partition coefficient (Wildman–Crippen LogP) is 2.96. The lowest BCUT2D eigenvalue weighted by Gasteiger charge is -2.10. The number of carbonyl (C=O) groups is 1. The van der Waals surface area contributed by atoms with E-state index in [2.05, 4.69) is 10.1 Å². The number of hydrogen-bond donors (Lipinski definition) is 2. The number of rotatable bonds is 7. The first-order valence-electron chi connectivity index (χ1n) is 7.16. The lowest BCUT2D eigenvalue weighted by atomic mass is 10.1. The van der Waals surface area contributed by atoms with Crippen molar-refractivity contribution in [2.45, 2.75) is 25.3 Å². The highest BCUT2D eigenvalue weighted by Crippen LogP contribution is 2.23. The Balaban J connectivity index is 1.73. The summed E-state index contributed by atoms with van der Waals surface area (Å²) in [7, 11) is 0. The molecule has 0 aliphatic rings. The van der Waals surface area contributed by atoms with E-state index in [1.807, 2.05) is 0 Å². The number of aliphatic hydroxyl groups excluding tert-OH is 1. The van der Waals surface area contributed by atoms with Gasteiger partial charge in [0.1, 0.15) is 17.6 Å². The molecule has 0 radical (unpaired) electrons. The fraction of sp³-hybridized carbons (Fsp3) is 0.312. The van der Waals surface area contributed by atoms with Gasteiger partial charge in [0.05, 0.1) is 12.8 Å². The second-order valence-corrected chi connectivity index (χ2v) is 5.03. The molecule has 24 heavy (non-hydrogen) atoms. The standard InChI is InChI=1S/C16H16F3NO4/c17-16(18,19)24-12-6-3-11(4-7-12)5-8-15(22)20-10-13(21)14-2-1-9-23-14/h1-4,6-7,9,13,21H,5,8,10H2,(H,20,22). The van der Waals surface area contributed by atoms with Crippen molar-refractivity contribution in [2.24, 2.45) is 0 Å². The van der Waals surface area contributed by atoms with Crippen LogP contribution in [0.3, 0.4) is 0 Å². The Kier molecular flexibility index (Phi) is 5.86. The number of benzene rings is 1. The van der Waals surface area contributed by atoms with Crippen LogP contribution in [0.5, 0.6) is 5.75 Å². The summed E-state index contributed by atoms with van der Waals surface area (Å²) in [5.41, 5.74) is 0.700. The molecule has 1 heterocycles. The SMILES string of the molecule is O=C(CCc1ccc(OC(F)(F)F)cc1)NCC(O)c1ccco1. The Morgan fingerprint density at radius 2 is 1.96 bits per heavy atom. The highest BCUT2D eigenvalue weighted by Gasteiger charge is 2.30. The number of ether oxygens (including phenoxy) is 1. The van der Waals surface area contributed by atoms with Crippen molar-refractivity contribution in [3.8, 4) is 5.75 Å². The van der Waals surface area contributed by atoms with Crippen LogP contribution in [0.15, 0.2) is 47.1 Å². The summed E-state index contributed by atoms with van der Waals surface area (Å²) >= 11 is 0. The van der Waals surface area contributed by atoms with E-state index in [1.165, 1.54) is 30.5 Å². The van der Waals surface area contributed by atoms with Crippen LogP contribution in [-0.4, -0.2) is 23.9 Å². The van der Waals surface area contributed by atoms with Crippen molar-refractivity contribution in [3.63, 3.8) is 0 Å². The molecule has 8 heteroatoms. The maximum absolute atomic E-state index is 12.0. The van der Waals surface area contributed by atoms with Crippen LogP contribution >= 0.6 is 0 Å². The number of carbonyl (C=O) groups excluding carboxylic acids is 1. The van der Waals surface area contributed by atoms with Gasteiger partial charge in [0.15, 0.2) is 0 Å². The molecule has 2 rings (SSSR count). The number of furan rings is 1. The Labute approximate surface area is 136 Å². The van der Waals surface area contributed by atoms with Crippen LogP contribution in [0.4, 0.5) is 13.2 Å². The van der Waals surface area contributed by atoms with Gasteiger partial charge in [-0.2, -0.15) is 0 Å². The molecule has 0 aliphatic heterocycles. The Bertz CT molecular complexity index is 638. The van der Waals surface area contributed by atoms with Gasteiger partial charge in [-0.25, -0.2) is 0 Å². The summed E-state index contributed by atoms with van der Waals surface area (Å²) < 4.78 is 44.9. The topological polar surface area (TPSA) is 71.7 Å². The summed E-state index contributed by atoms with van der Waals surface area (Å²) in [5.74, 6) is -0.232. The van der Waals surface area contributed by atoms with E-state index in [-0.39, 0.29) is 24.6 Å². The van der Waals surface area contributed by atoms with E-state index in [1.54, 1.807) is 12.1 Å². The van der Waals surface area contributed by atoms with Crippen LogP contribution in [0, 0.1) is 0 Å². The van der Waals surface area contributed by atoms with Crippen molar-refractivity contribution in [3.05, 3.63) is 54.0 Å². The molecular weight excluding hydrogens is 327 g/mol. The van der Waals surface area contributed by atoms with Crippen molar-refractivity contribution < 1.29 is 32.2 Å². The second kappa shape index (κ2) is 7.87. The summed E-state index contributed by atoms with van der Waals surface area (Å²) in [4.78, 5) is 11.7. The molecule has 5 nitrogen and oxygen atoms in total. The van der Waals surface area contributed by atoms with Gasteiger partial charge in [-0.1, -0.05) is 12.1 Å². The van der Waals surface area contributed by atoms with Gasteiger partial charge < -0.3 is 19.6 Å². The van der Waals surface area contributed by atoms with E-state index in [9.17, 15) is 23.1 Å². The molecular formula is C16H16F3NO4. The van der Waals surface area contributed by atoms with Crippen molar-refractivity contribution >= 4 is 5.91 Å². The first kappa shape index (κ1) is 17.9. The van der Waals surface area contributed by atoms with Crippen LogP contribution in [-0.2, 0) is 11.2 Å². The lowest BCUT2D eigenvalue weighted by Crippen LogP contribution is -2.28. The van der Waals surface area contributed by atoms with E-state index in [0.717, 1.165) is 0 Å². The number of aliphatic hydroxyl groups is 1. The Morgan fingerprint density at radius 1 is 1.25 bits per heavy atom. The van der Waals surface area contributed by atoms with Gasteiger partial charge in [-0.05, 0) is 36.2 Å². The molecule has 1 unspecified atom stereocenters. The van der Waals surface area contributed by atoms with E-state index >= 15 is 0 Å². The molecule has 1 amide bonds. The highest BCUT2D eigenvalue weighted by molar-refractivity contribution is 5.76. The smallest absolute Gasteiger partial charge is 0.467 e. The fourth-order valence-electron chi connectivity index (χ4n) is 2.00. The number of hydrogen-bond acceptors (Lipinski definition) is 4. The molecule has 1 aromatic heterocycles. The van der Waals surface area contributed by atoms with Crippen LogP contribution in [0.2, 0.25) is 0 Å². The zero-order chi connectivity index (χ0) is 17.6. The second-order valence-electron chi connectivity index (χ2n) is 5.03. The number of aryl methyl sites for hydroxylation is 1. The molecule has 2 N–H and O–H groups in total. The van der Waals surface area contributed by atoms with Crippen molar-refractivity contribution in [2.75, 3.05) is 6.54 Å². The highest BCUT2D eigenvalue weighted by atomic mass is 19.4. The lowest BCUT2D eigenvalue weighted by molar-refractivity contribution is -0.274. The Hall–Kier alpha value is -2.48. The molecule has 0 saturated heterocycles. The predicted molar refractivity (Wildman–Crippen MR) is 78.1 cm³/mol.